The molecule has 4 nitrogen and oxygen atoms in total. The smallest absolute Gasteiger partial charge is 0.242 e. The molecule has 160 valence electrons. The molecule has 0 N–H and O–H groups in total. The van der Waals surface area contributed by atoms with Crippen LogP contribution in [0.4, 0.5) is 0 Å². The molecule has 0 saturated carbocycles. The monoisotopic (exact) mass is 406 g/mol. The van der Waals surface area contributed by atoms with E-state index in [0.29, 0.717) is 13.1 Å². The normalized spacial score (nSPS) is 16.6. The van der Waals surface area contributed by atoms with Gasteiger partial charge < -0.3 is 9.80 Å². The summed E-state index contributed by atoms with van der Waals surface area (Å²) in [6.45, 7) is 7.75. The lowest BCUT2D eigenvalue weighted by Crippen LogP contribution is -2.47. The quantitative estimate of drug-likeness (QED) is 0.622. The van der Waals surface area contributed by atoms with Gasteiger partial charge in [0.25, 0.3) is 0 Å². The van der Waals surface area contributed by atoms with E-state index in [1.807, 2.05) is 48.2 Å². The van der Waals surface area contributed by atoms with E-state index < -0.39 is 0 Å². The van der Waals surface area contributed by atoms with Gasteiger partial charge in [-0.2, -0.15) is 0 Å². The Morgan fingerprint density at radius 3 is 2.47 bits per heavy atom. The average molecular weight is 407 g/mol. The minimum Gasteiger partial charge on any atom is -0.334 e. The van der Waals surface area contributed by atoms with E-state index in [4.69, 9.17) is 0 Å². The van der Waals surface area contributed by atoms with Crippen LogP contribution in [0.2, 0.25) is 0 Å². The van der Waals surface area contributed by atoms with E-state index >= 15 is 0 Å². The van der Waals surface area contributed by atoms with Crippen LogP contribution in [0, 0.1) is 0 Å². The molecule has 1 aliphatic heterocycles. The first-order valence-electron chi connectivity index (χ1n) is 11.3. The van der Waals surface area contributed by atoms with Gasteiger partial charge in [-0.05, 0) is 42.9 Å². The number of hydrogen-bond acceptors (Lipinski definition) is 2. The number of amides is 2. The Bertz CT molecular complexity index is 849. The van der Waals surface area contributed by atoms with Crippen molar-refractivity contribution in [2.24, 2.45) is 0 Å². The first-order chi connectivity index (χ1) is 14.6. The number of carbonyl (C=O) groups is 2. The van der Waals surface area contributed by atoms with Gasteiger partial charge in [0.15, 0.2) is 0 Å². The standard InChI is InChI=1S/C26H34N2O2/c1-4-6-17-27(26(30)23(5-2)21-12-8-7-9-13-21)19-25(29)28-18-16-22-14-10-11-15-24(22)20(28)3/h7-15,20,23H,4-6,16-19H2,1-3H3. The summed E-state index contributed by atoms with van der Waals surface area (Å²) in [5.41, 5.74) is 3.57. The van der Waals surface area contributed by atoms with E-state index in [-0.39, 0.29) is 30.3 Å². The third-order valence-corrected chi connectivity index (χ3v) is 6.24. The summed E-state index contributed by atoms with van der Waals surface area (Å²) in [5, 5.41) is 0. The molecule has 0 bridgehead atoms. The lowest BCUT2D eigenvalue weighted by molar-refractivity contribution is -0.143. The van der Waals surface area contributed by atoms with Gasteiger partial charge in [-0.15, -0.1) is 0 Å². The van der Waals surface area contributed by atoms with Crippen LogP contribution in [0.25, 0.3) is 0 Å². The second kappa shape index (κ2) is 10.4. The number of fused-ring (bicyclic) bond motifs is 1. The molecule has 0 spiro atoms. The van der Waals surface area contributed by atoms with Crippen LogP contribution in [-0.4, -0.2) is 41.2 Å². The van der Waals surface area contributed by atoms with Crippen LogP contribution in [0.15, 0.2) is 54.6 Å². The van der Waals surface area contributed by atoms with E-state index in [0.717, 1.165) is 31.2 Å². The molecule has 0 aromatic heterocycles. The zero-order valence-corrected chi connectivity index (χ0v) is 18.5. The van der Waals surface area contributed by atoms with Crippen molar-refractivity contribution < 1.29 is 9.59 Å². The number of hydrogen-bond donors (Lipinski definition) is 0. The molecule has 2 amide bonds. The first kappa shape index (κ1) is 22.1. The predicted octanol–water partition coefficient (Wildman–Crippen LogP) is 4.95. The van der Waals surface area contributed by atoms with E-state index in [2.05, 4.69) is 32.0 Å². The fraction of sp³-hybridized carbons (Fsp3) is 0.462. The highest BCUT2D eigenvalue weighted by atomic mass is 16.2. The third kappa shape index (κ3) is 4.92. The van der Waals surface area contributed by atoms with E-state index in [1.54, 1.807) is 4.90 Å². The van der Waals surface area contributed by atoms with Gasteiger partial charge in [0.05, 0.1) is 18.5 Å². The molecule has 1 heterocycles. The molecular weight excluding hydrogens is 372 g/mol. The summed E-state index contributed by atoms with van der Waals surface area (Å²) < 4.78 is 0. The van der Waals surface area contributed by atoms with Crippen LogP contribution in [0.5, 0.6) is 0 Å². The Hall–Kier alpha value is -2.62. The maximum absolute atomic E-state index is 13.4. The number of rotatable bonds is 8. The van der Waals surface area contributed by atoms with Gasteiger partial charge in [-0.25, -0.2) is 0 Å². The number of benzene rings is 2. The van der Waals surface area contributed by atoms with Crippen molar-refractivity contribution in [3.05, 3.63) is 71.3 Å². The lowest BCUT2D eigenvalue weighted by atomic mass is 9.93. The second-order valence-electron chi connectivity index (χ2n) is 8.20. The van der Waals surface area contributed by atoms with Crippen LogP contribution in [0.1, 0.15) is 68.7 Å². The Kier molecular flexibility index (Phi) is 7.67. The highest BCUT2D eigenvalue weighted by molar-refractivity contribution is 5.88. The summed E-state index contributed by atoms with van der Waals surface area (Å²) in [6, 6.07) is 18.3. The van der Waals surface area contributed by atoms with Gasteiger partial charge in [0.2, 0.25) is 11.8 Å². The van der Waals surface area contributed by atoms with Crippen LogP contribution < -0.4 is 0 Å². The fourth-order valence-corrected chi connectivity index (χ4v) is 4.44. The Labute approximate surface area is 180 Å². The van der Waals surface area contributed by atoms with Gasteiger partial charge in [0, 0.05) is 13.1 Å². The molecule has 1 aliphatic rings. The van der Waals surface area contributed by atoms with Crippen molar-refractivity contribution in [3.8, 4) is 0 Å². The number of carbonyl (C=O) groups excluding carboxylic acids is 2. The molecule has 0 aliphatic carbocycles. The zero-order chi connectivity index (χ0) is 21.5. The predicted molar refractivity (Wildman–Crippen MR) is 121 cm³/mol. The SMILES string of the molecule is CCCCN(CC(=O)N1CCc2ccccc2C1C)C(=O)C(CC)c1ccccc1. The minimum atomic E-state index is -0.199. The molecule has 0 radical (unpaired) electrons. The molecule has 3 rings (SSSR count). The Morgan fingerprint density at radius 1 is 1.07 bits per heavy atom. The van der Waals surface area contributed by atoms with Crippen molar-refractivity contribution in [1.29, 1.82) is 0 Å². The summed E-state index contributed by atoms with van der Waals surface area (Å²) in [7, 11) is 0. The van der Waals surface area contributed by atoms with Crippen LogP contribution >= 0.6 is 0 Å². The Balaban J connectivity index is 1.76. The van der Waals surface area contributed by atoms with Crippen molar-refractivity contribution in [3.63, 3.8) is 0 Å². The summed E-state index contributed by atoms with van der Waals surface area (Å²) in [4.78, 5) is 30.4. The molecule has 30 heavy (non-hydrogen) atoms. The van der Waals surface area contributed by atoms with Gasteiger partial charge >= 0.3 is 0 Å². The zero-order valence-electron chi connectivity index (χ0n) is 18.5. The average Bonchev–Trinajstić information content (AvgIpc) is 2.78. The molecule has 2 aromatic rings. The van der Waals surface area contributed by atoms with Gasteiger partial charge in [0.1, 0.15) is 0 Å². The summed E-state index contributed by atoms with van der Waals surface area (Å²) in [5.74, 6) is -0.0877. The van der Waals surface area contributed by atoms with Gasteiger partial charge in [-0.1, -0.05) is 74.9 Å². The summed E-state index contributed by atoms with van der Waals surface area (Å²) in [6.07, 6.45) is 3.50. The summed E-state index contributed by atoms with van der Waals surface area (Å²) >= 11 is 0. The molecule has 0 fully saturated rings. The maximum atomic E-state index is 13.4. The molecular formula is C26H34N2O2. The Morgan fingerprint density at radius 2 is 1.77 bits per heavy atom. The fourth-order valence-electron chi connectivity index (χ4n) is 4.44. The molecule has 0 saturated heterocycles. The first-order valence-corrected chi connectivity index (χ1v) is 11.3. The second-order valence-corrected chi connectivity index (χ2v) is 8.20. The third-order valence-electron chi connectivity index (χ3n) is 6.24. The van der Waals surface area contributed by atoms with Crippen LogP contribution in [0.3, 0.4) is 0 Å². The van der Waals surface area contributed by atoms with Crippen LogP contribution in [-0.2, 0) is 16.0 Å². The van der Waals surface area contributed by atoms with Crippen molar-refractivity contribution in [1.82, 2.24) is 9.80 Å². The number of unbranched alkanes of at least 4 members (excludes halogenated alkanes) is 1. The topological polar surface area (TPSA) is 40.6 Å². The highest BCUT2D eigenvalue weighted by Crippen LogP contribution is 2.29. The minimum absolute atomic E-state index is 0.0432. The number of nitrogens with zero attached hydrogens (tertiary/aromatic N) is 2. The van der Waals surface area contributed by atoms with E-state index in [9.17, 15) is 9.59 Å². The van der Waals surface area contributed by atoms with Crippen molar-refractivity contribution in [2.45, 2.75) is 58.4 Å². The molecule has 2 unspecified atom stereocenters. The molecule has 2 atom stereocenters. The highest BCUT2D eigenvalue weighted by Gasteiger charge is 2.31. The maximum Gasteiger partial charge on any atom is 0.242 e. The van der Waals surface area contributed by atoms with E-state index in [1.165, 1.54) is 11.1 Å². The van der Waals surface area contributed by atoms with Gasteiger partial charge in [-0.3, -0.25) is 9.59 Å². The molecule has 4 heteroatoms. The molecule has 2 aromatic carbocycles. The lowest BCUT2D eigenvalue weighted by Gasteiger charge is -2.37. The van der Waals surface area contributed by atoms with Crippen molar-refractivity contribution >= 4 is 11.8 Å². The van der Waals surface area contributed by atoms with Crippen molar-refractivity contribution in [2.75, 3.05) is 19.6 Å². The largest absolute Gasteiger partial charge is 0.334 e.